The molecule has 0 bridgehead atoms. The molecule has 0 saturated carbocycles. The van der Waals surface area contributed by atoms with E-state index in [1.54, 1.807) is 5.70 Å². The Balaban J connectivity index is 2.11. The molecule has 0 unspecified atom stereocenters. The van der Waals surface area contributed by atoms with Gasteiger partial charge in [0, 0.05) is 0 Å². The van der Waals surface area contributed by atoms with E-state index in [0.717, 1.165) is 0 Å². The molecule has 8 heavy (non-hydrogen) atoms. The highest BCUT2D eigenvalue weighted by Crippen LogP contribution is 1.96. The zero-order chi connectivity index (χ0) is 5.82. The highest BCUT2D eigenvalue weighted by molar-refractivity contribution is 6.37. The fraction of sp³-hybridized carbons (Fsp3) is 0. The summed E-state index contributed by atoms with van der Waals surface area (Å²) in [5, 5.41) is 10.1. The molecule has 5 heteroatoms. The fourth-order valence-corrected chi connectivity index (χ4v) is 0.655. The first-order valence-electron chi connectivity index (χ1n) is 2.16. The van der Waals surface area contributed by atoms with Crippen LogP contribution in [0, 0.1) is 0 Å². The molecular formula is C3H5N3OSi. The lowest BCUT2D eigenvalue weighted by atomic mass is 11.2. The average Bonchev–Trinajstić information content (AvgIpc) is 1.63. The summed E-state index contributed by atoms with van der Waals surface area (Å²) in [6.07, 6.45) is 0. The third-order valence-corrected chi connectivity index (χ3v) is 1.25. The molecule has 0 amide bonds. The van der Waals surface area contributed by atoms with E-state index in [9.17, 15) is 0 Å². The van der Waals surface area contributed by atoms with E-state index in [4.69, 9.17) is 4.43 Å². The Labute approximate surface area is 48.9 Å². The lowest BCUT2D eigenvalue weighted by Gasteiger charge is -2.01. The first kappa shape index (κ1) is 5.17. The quantitative estimate of drug-likeness (QED) is 0.480. The maximum Gasteiger partial charge on any atom is 0.343 e. The van der Waals surface area contributed by atoms with E-state index in [1.807, 2.05) is 0 Å². The van der Waals surface area contributed by atoms with Crippen molar-refractivity contribution in [2.45, 2.75) is 0 Å². The van der Waals surface area contributed by atoms with Crippen molar-refractivity contribution in [1.82, 2.24) is 0 Å². The predicted octanol–water partition coefficient (Wildman–Crippen LogP) is -0.0329. The zero-order valence-corrected chi connectivity index (χ0v) is 5.66. The van der Waals surface area contributed by atoms with Crippen LogP contribution in [0.5, 0.6) is 0 Å². The van der Waals surface area contributed by atoms with Crippen LogP contribution in [0.3, 0.4) is 0 Å². The SMILES string of the molecule is C=C[SiH2]OC1=NN=N1. The van der Waals surface area contributed by atoms with Gasteiger partial charge in [-0.3, -0.25) is 0 Å². The van der Waals surface area contributed by atoms with Crippen molar-refractivity contribution in [3.63, 3.8) is 0 Å². The summed E-state index contributed by atoms with van der Waals surface area (Å²) >= 11 is 0. The molecule has 0 aromatic rings. The lowest BCUT2D eigenvalue weighted by molar-refractivity contribution is 0.558. The Hall–Kier alpha value is -0.973. The maximum atomic E-state index is 4.94. The van der Waals surface area contributed by atoms with Crippen LogP contribution in [0.1, 0.15) is 0 Å². The molecular weight excluding hydrogens is 122 g/mol. The predicted molar refractivity (Wildman–Crippen MR) is 32.1 cm³/mol. The van der Waals surface area contributed by atoms with Gasteiger partial charge in [-0.05, 0) is 5.22 Å². The van der Waals surface area contributed by atoms with Crippen LogP contribution in [-0.2, 0) is 4.43 Å². The molecule has 4 nitrogen and oxygen atoms in total. The van der Waals surface area contributed by atoms with Crippen LogP contribution in [0.15, 0.2) is 27.7 Å². The van der Waals surface area contributed by atoms with Gasteiger partial charge >= 0.3 is 6.02 Å². The summed E-state index contributed by atoms with van der Waals surface area (Å²) in [6, 6.07) is 0.400. The minimum Gasteiger partial charge on any atom is -0.517 e. The summed E-state index contributed by atoms with van der Waals surface area (Å²) in [4.78, 5) is 0. The standard InChI is InChI=1S/C3H5N3OSi/c1-2-8-7-3-4-6-5-3/h2H,1,8H2. The Bertz CT molecular complexity index is 153. The molecule has 0 atom stereocenters. The molecule has 0 spiro atoms. The number of nitrogens with zero attached hydrogens (tertiary/aromatic N) is 3. The first-order valence-corrected chi connectivity index (χ1v) is 3.55. The third kappa shape index (κ3) is 1.00. The molecule has 42 valence electrons. The van der Waals surface area contributed by atoms with Crippen LogP contribution >= 0.6 is 0 Å². The molecule has 1 aliphatic rings. The monoisotopic (exact) mass is 127 g/mol. The molecule has 0 radical (unpaired) electrons. The van der Waals surface area contributed by atoms with Gasteiger partial charge in [-0.1, -0.05) is 15.9 Å². The summed E-state index contributed by atoms with van der Waals surface area (Å²) in [5.41, 5.74) is 1.76. The van der Waals surface area contributed by atoms with E-state index in [2.05, 4.69) is 22.0 Å². The van der Waals surface area contributed by atoms with Gasteiger partial charge in [0.25, 0.3) is 0 Å². The molecule has 1 rings (SSSR count). The second-order valence-electron chi connectivity index (χ2n) is 1.17. The second kappa shape index (κ2) is 2.36. The maximum absolute atomic E-state index is 4.94. The molecule has 0 fully saturated rings. The number of rotatable bonds is 2. The van der Waals surface area contributed by atoms with E-state index in [1.165, 1.54) is 0 Å². The van der Waals surface area contributed by atoms with Crippen molar-refractivity contribution in [1.29, 1.82) is 0 Å². The van der Waals surface area contributed by atoms with Crippen LogP contribution < -0.4 is 0 Å². The smallest absolute Gasteiger partial charge is 0.343 e. The van der Waals surface area contributed by atoms with Crippen molar-refractivity contribution in [2.24, 2.45) is 15.4 Å². The molecule has 0 aromatic carbocycles. The summed E-state index contributed by atoms with van der Waals surface area (Å²) in [6.45, 7) is 3.50. The number of hydrogen-bond donors (Lipinski definition) is 0. The van der Waals surface area contributed by atoms with Crippen molar-refractivity contribution in [3.8, 4) is 0 Å². The summed E-state index contributed by atoms with van der Waals surface area (Å²) < 4.78 is 4.94. The van der Waals surface area contributed by atoms with Gasteiger partial charge in [0.05, 0.1) is 0 Å². The van der Waals surface area contributed by atoms with E-state index in [-0.39, 0.29) is 0 Å². The van der Waals surface area contributed by atoms with Gasteiger partial charge in [0.2, 0.25) is 9.76 Å². The Morgan fingerprint density at radius 3 is 2.88 bits per heavy atom. The van der Waals surface area contributed by atoms with Gasteiger partial charge in [-0.25, -0.2) is 0 Å². The minimum atomic E-state index is -0.606. The van der Waals surface area contributed by atoms with E-state index < -0.39 is 9.76 Å². The first-order chi connectivity index (χ1) is 3.93. The van der Waals surface area contributed by atoms with Crippen molar-refractivity contribution >= 4 is 15.8 Å². The molecule has 1 heterocycles. The van der Waals surface area contributed by atoms with Crippen LogP contribution in [0.25, 0.3) is 0 Å². The fourth-order valence-electron chi connectivity index (χ4n) is 0.272. The highest BCUT2D eigenvalue weighted by atomic mass is 28.2. The summed E-state index contributed by atoms with van der Waals surface area (Å²) in [7, 11) is -0.606. The Kier molecular flexibility index (Phi) is 1.53. The normalized spacial score (nSPS) is 15.8. The largest absolute Gasteiger partial charge is 0.517 e. The van der Waals surface area contributed by atoms with Gasteiger partial charge in [-0.15, -0.1) is 6.58 Å². The van der Waals surface area contributed by atoms with Crippen molar-refractivity contribution in [2.75, 3.05) is 0 Å². The van der Waals surface area contributed by atoms with Crippen LogP contribution in [-0.4, -0.2) is 15.8 Å². The average molecular weight is 127 g/mol. The highest BCUT2D eigenvalue weighted by Gasteiger charge is 2.01. The summed E-state index contributed by atoms with van der Waals surface area (Å²) in [5.74, 6) is 0. The molecule has 0 N–H and O–H groups in total. The number of amidine groups is 1. The molecule has 1 aliphatic heterocycles. The van der Waals surface area contributed by atoms with Gasteiger partial charge in [-0.2, -0.15) is 0 Å². The third-order valence-electron chi connectivity index (χ3n) is 0.591. The van der Waals surface area contributed by atoms with Gasteiger partial charge in [0.1, 0.15) is 0 Å². The molecule has 0 aliphatic carbocycles. The molecule has 0 aromatic heterocycles. The van der Waals surface area contributed by atoms with Crippen molar-refractivity contribution < 1.29 is 4.43 Å². The van der Waals surface area contributed by atoms with Gasteiger partial charge in [0.15, 0.2) is 0 Å². The van der Waals surface area contributed by atoms with Gasteiger partial charge < -0.3 is 4.43 Å². The van der Waals surface area contributed by atoms with Crippen molar-refractivity contribution in [3.05, 3.63) is 12.3 Å². The van der Waals surface area contributed by atoms with Crippen LogP contribution in [0.2, 0.25) is 0 Å². The second-order valence-corrected chi connectivity index (χ2v) is 2.37. The topological polar surface area (TPSA) is 46.3 Å². The zero-order valence-electron chi connectivity index (χ0n) is 4.24. The Morgan fingerprint density at radius 1 is 1.75 bits per heavy atom. The Morgan fingerprint density at radius 2 is 2.50 bits per heavy atom. The van der Waals surface area contributed by atoms with Crippen LogP contribution in [0.4, 0.5) is 0 Å². The van der Waals surface area contributed by atoms with E-state index >= 15 is 0 Å². The minimum absolute atomic E-state index is 0.400. The van der Waals surface area contributed by atoms with E-state index in [0.29, 0.717) is 6.02 Å². The lowest BCUT2D eigenvalue weighted by Crippen LogP contribution is -2.06. The molecule has 0 saturated heterocycles. The number of hydrogen-bond acceptors (Lipinski definition) is 4.